The Morgan fingerprint density at radius 3 is 2.45 bits per heavy atom. The van der Waals surface area contributed by atoms with Crippen LogP contribution >= 0.6 is 23.7 Å². The van der Waals surface area contributed by atoms with E-state index in [1.54, 1.807) is 6.07 Å². The number of thiophene rings is 1. The molecule has 1 aliphatic carbocycles. The van der Waals surface area contributed by atoms with Crippen LogP contribution in [-0.2, 0) is 19.5 Å². The highest BCUT2D eigenvalue weighted by atomic mass is 35.5. The predicted octanol–water partition coefficient (Wildman–Crippen LogP) is 6.98. The van der Waals surface area contributed by atoms with E-state index in [1.165, 1.54) is 17.5 Å². The van der Waals surface area contributed by atoms with Crippen molar-refractivity contribution in [2.24, 2.45) is 0 Å². The fourth-order valence-electron chi connectivity index (χ4n) is 4.93. The van der Waals surface area contributed by atoms with Gasteiger partial charge in [0.15, 0.2) is 0 Å². The smallest absolute Gasteiger partial charge is 0.381 e. The van der Waals surface area contributed by atoms with Crippen molar-refractivity contribution in [2.45, 2.75) is 57.0 Å². The number of halogens is 4. The van der Waals surface area contributed by atoms with Gasteiger partial charge in [-0.3, -0.25) is 0 Å². The minimum absolute atomic E-state index is 0. The summed E-state index contributed by atoms with van der Waals surface area (Å²) in [5.41, 5.74) is 3.57. The summed E-state index contributed by atoms with van der Waals surface area (Å²) in [7, 11) is 1.98. The van der Waals surface area contributed by atoms with Crippen LogP contribution in [0.25, 0.3) is 10.2 Å². The molecule has 0 bridgehead atoms. The monoisotopic (exact) mass is 561 g/mol. The van der Waals surface area contributed by atoms with Crippen LogP contribution in [0.2, 0.25) is 0 Å². The Labute approximate surface area is 230 Å². The first-order valence-electron chi connectivity index (χ1n) is 12.5. The van der Waals surface area contributed by atoms with Gasteiger partial charge < -0.3 is 15.5 Å². The minimum atomic E-state index is -4.23. The van der Waals surface area contributed by atoms with E-state index in [0.29, 0.717) is 22.1 Å². The SMILES string of the molecule is CN(c1ncnc2sc(CC(F)(F)F)cc12)[C@@H]1CC[C@H](NCc2ccc(NCc3ccccc3)cc2)C1.Cl. The molecule has 2 N–H and O–H groups in total. The van der Waals surface area contributed by atoms with Gasteiger partial charge in [0.05, 0.1) is 11.8 Å². The Hall–Kier alpha value is -2.88. The van der Waals surface area contributed by atoms with Gasteiger partial charge in [-0.1, -0.05) is 42.5 Å². The van der Waals surface area contributed by atoms with Gasteiger partial charge in [0, 0.05) is 42.8 Å². The molecule has 1 saturated carbocycles. The highest BCUT2D eigenvalue weighted by Gasteiger charge is 2.31. The summed E-state index contributed by atoms with van der Waals surface area (Å²) >= 11 is 1.09. The number of aromatic nitrogens is 2. The van der Waals surface area contributed by atoms with Crippen molar-refractivity contribution in [1.29, 1.82) is 0 Å². The van der Waals surface area contributed by atoms with Gasteiger partial charge >= 0.3 is 6.18 Å². The van der Waals surface area contributed by atoms with Crippen LogP contribution in [0.3, 0.4) is 0 Å². The van der Waals surface area contributed by atoms with E-state index in [-0.39, 0.29) is 23.3 Å². The lowest BCUT2D eigenvalue weighted by Gasteiger charge is -2.26. The largest absolute Gasteiger partial charge is 0.393 e. The second-order valence-corrected chi connectivity index (χ2v) is 10.7. The van der Waals surface area contributed by atoms with Crippen LogP contribution in [0.4, 0.5) is 24.7 Å². The van der Waals surface area contributed by atoms with E-state index < -0.39 is 12.6 Å². The number of nitrogens with one attached hydrogen (secondary N) is 2. The zero-order valence-electron chi connectivity index (χ0n) is 21.0. The molecular weight excluding hydrogens is 531 g/mol. The molecule has 0 amide bonds. The molecule has 5 rings (SSSR count). The molecule has 5 nitrogen and oxygen atoms in total. The lowest BCUT2D eigenvalue weighted by atomic mass is 10.1. The fourth-order valence-corrected chi connectivity index (χ4v) is 5.95. The van der Waals surface area contributed by atoms with Gasteiger partial charge in [0.2, 0.25) is 0 Å². The number of benzene rings is 2. The van der Waals surface area contributed by atoms with Gasteiger partial charge in [-0.25, -0.2) is 9.97 Å². The molecule has 4 aromatic rings. The lowest BCUT2D eigenvalue weighted by molar-refractivity contribution is -0.126. The Kier molecular flexibility index (Phi) is 9.12. The van der Waals surface area contributed by atoms with E-state index in [0.717, 1.165) is 49.4 Å². The van der Waals surface area contributed by atoms with Crippen molar-refractivity contribution in [1.82, 2.24) is 15.3 Å². The third-order valence-corrected chi connectivity index (χ3v) is 7.95. The van der Waals surface area contributed by atoms with Crippen LogP contribution in [0.5, 0.6) is 0 Å². The van der Waals surface area contributed by atoms with Crippen molar-refractivity contribution in [3.05, 3.63) is 83.0 Å². The number of anilines is 2. The first-order valence-corrected chi connectivity index (χ1v) is 13.3. The maximum Gasteiger partial charge on any atom is 0.393 e. The van der Waals surface area contributed by atoms with Crippen molar-refractivity contribution in [2.75, 3.05) is 17.3 Å². The summed E-state index contributed by atoms with van der Waals surface area (Å²) < 4.78 is 38.6. The molecular formula is C28H31ClF3N5S. The van der Waals surface area contributed by atoms with Gasteiger partial charge in [0.1, 0.15) is 17.0 Å². The summed E-state index contributed by atoms with van der Waals surface area (Å²) in [6.07, 6.45) is -0.714. The second kappa shape index (κ2) is 12.3. The maximum absolute atomic E-state index is 12.9. The maximum atomic E-state index is 12.9. The van der Waals surface area contributed by atoms with Crippen molar-refractivity contribution in [3.63, 3.8) is 0 Å². The van der Waals surface area contributed by atoms with Crippen molar-refractivity contribution < 1.29 is 13.2 Å². The molecule has 10 heteroatoms. The van der Waals surface area contributed by atoms with E-state index in [9.17, 15) is 13.2 Å². The second-order valence-electron chi connectivity index (χ2n) is 9.61. The molecule has 0 spiro atoms. The van der Waals surface area contributed by atoms with Crippen LogP contribution in [0.1, 0.15) is 35.3 Å². The fraction of sp³-hybridized carbons (Fsp3) is 0.357. The zero-order valence-corrected chi connectivity index (χ0v) is 22.7. The van der Waals surface area contributed by atoms with Crippen molar-refractivity contribution >= 4 is 45.5 Å². The molecule has 2 atom stereocenters. The number of fused-ring (bicyclic) bond motifs is 1. The molecule has 1 fully saturated rings. The molecule has 2 aromatic heterocycles. The Bertz CT molecular complexity index is 1310. The van der Waals surface area contributed by atoms with Crippen LogP contribution in [0.15, 0.2) is 67.0 Å². The number of hydrogen-bond acceptors (Lipinski definition) is 6. The average molecular weight is 562 g/mol. The van der Waals surface area contributed by atoms with Gasteiger partial charge in [-0.15, -0.1) is 23.7 Å². The summed E-state index contributed by atoms with van der Waals surface area (Å²) in [6.45, 7) is 1.59. The normalized spacial score (nSPS) is 17.4. The number of nitrogens with zero attached hydrogens (tertiary/aromatic N) is 3. The number of hydrogen-bond donors (Lipinski definition) is 2. The first kappa shape index (κ1) is 28.1. The number of rotatable bonds is 9. The van der Waals surface area contributed by atoms with E-state index in [1.807, 2.05) is 25.2 Å². The molecule has 0 radical (unpaired) electrons. The number of alkyl halides is 3. The molecule has 2 aromatic carbocycles. The molecule has 38 heavy (non-hydrogen) atoms. The standard InChI is InChI=1S/C28H30F3N5S.ClH/c1-36(26-25-14-24(15-28(29,30)31)37-27(25)35-18-34-26)23-12-11-22(13-23)33-17-20-7-9-21(10-8-20)32-16-19-5-3-2-4-6-19;/h2-10,14,18,22-23,32-33H,11-13,15-17H2,1H3;1H/t22-,23+;/m0./s1. The molecule has 0 saturated heterocycles. The molecule has 0 unspecified atom stereocenters. The van der Waals surface area contributed by atoms with E-state index in [2.05, 4.69) is 61.9 Å². The first-order chi connectivity index (χ1) is 17.8. The van der Waals surface area contributed by atoms with E-state index in [4.69, 9.17) is 0 Å². The summed E-state index contributed by atoms with van der Waals surface area (Å²) in [5, 5.41) is 7.83. The summed E-state index contributed by atoms with van der Waals surface area (Å²) in [4.78, 5) is 11.6. The third kappa shape index (κ3) is 7.15. The molecule has 202 valence electrons. The third-order valence-electron chi connectivity index (χ3n) is 6.91. The molecule has 1 aliphatic rings. The Morgan fingerprint density at radius 1 is 0.974 bits per heavy atom. The van der Waals surface area contributed by atoms with Crippen LogP contribution < -0.4 is 15.5 Å². The average Bonchev–Trinajstić information content (AvgIpc) is 3.52. The summed E-state index contributed by atoms with van der Waals surface area (Å²) in [5.74, 6) is 0.707. The zero-order chi connectivity index (χ0) is 25.8. The van der Waals surface area contributed by atoms with Crippen LogP contribution in [0, 0.1) is 0 Å². The van der Waals surface area contributed by atoms with Crippen LogP contribution in [-0.4, -0.2) is 35.3 Å². The van der Waals surface area contributed by atoms with E-state index >= 15 is 0 Å². The van der Waals surface area contributed by atoms with Gasteiger partial charge in [-0.05, 0) is 48.6 Å². The van der Waals surface area contributed by atoms with Gasteiger partial charge in [0.25, 0.3) is 0 Å². The molecule has 2 heterocycles. The van der Waals surface area contributed by atoms with Gasteiger partial charge in [-0.2, -0.15) is 13.2 Å². The predicted molar refractivity (Wildman–Crippen MR) is 151 cm³/mol. The Balaban J connectivity index is 0.00000336. The lowest BCUT2D eigenvalue weighted by Crippen LogP contribution is -2.33. The van der Waals surface area contributed by atoms with Crippen molar-refractivity contribution in [3.8, 4) is 0 Å². The Morgan fingerprint density at radius 2 is 1.71 bits per heavy atom. The molecule has 0 aliphatic heterocycles. The topological polar surface area (TPSA) is 53.1 Å². The quantitative estimate of drug-likeness (QED) is 0.231. The summed E-state index contributed by atoms with van der Waals surface area (Å²) in [6, 6.07) is 21.1. The highest BCUT2D eigenvalue weighted by molar-refractivity contribution is 7.18. The minimum Gasteiger partial charge on any atom is -0.381 e. The highest BCUT2D eigenvalue weighted by Crippen LogP contribution is 2.35.